The van der Waals surface area contributed by atoms with Crippen molar-refractivity contribution in [1.29, 1.82) is 0 Å². The summed E-state index contributed by atoms with van der Waals surface area (Å²) in [6.07, 6.45) is 0.735. The van der Waals surface area contributed by atoms with Crippen molar-refractivity contribution in [3.8, 4) is 11.5 Å². The molecule has 1 aromatic heterocycles. The Labute approximate surface area is 157 Å². The molecular weight excluding hydrogens is 348 g/mol. The predicted octanol–water partition coefficient (Wildman–Crippen LogP) is 4.10. The number of nitrogens with one attached hydrogen (secondary N) is 1. The molecule has 2 aromatic carbocycles. The molecule has 1 heterocycles. The lowest BCUT2D eigenvalue weighted by atomic mass is 10.1. The van der Waals surface area contributed by atoms with Crippen molar-refractivity contribution in [3.05, 3.63) is 63.2 Å². The monoisotopic (exact) mass is 370 g/mol. The number of H-pyrrole nitrogens is 1. The molecule has 26 heavy (non-hydrogen) atoms. The van der Waals surface area contributed by atoms with Crippen molar-refractivity contribution in [2.75, 3.05) is 13.2 Å². The van der Waals surface area contributed by atoms with Gasteiger partial charge in [-0.3, -0.25) is 9.36 Å². The van der Waals surface area contributed by atoms with E-state index in [-0.39, 0.29) is 5.56 Å². The first-order valence-corrected chi connectivity index (χ1v) is 9.15. The van der Waals surface area contributed by atoms with Crippen LogP contribution in [0.5, 0.6) is 11.5 Å². The van der Waals surface area contributed by atoms with Crippen molar-refractivity contribution >= 4 is 23.1 Å². The summed E-state index contributed by atoms with van der Waals surface area (Å²) in [5.41, 5.74) is 1.70. The lowest BCUT2D eigenvalue weighted by Gasteiger charge is -2.13. The molecule has 3 aromatic rings. The van der Waals surface area contributed by atoms with E-state index in [9.17, 15) is 4.79 Å². The van der Waals surface area contributed by atoms with Crippen LogP contribution >= 0.6 is 12.2 Å². The minimum Gasteiger partial charge on any atom is -0.490 e. The number of aromatic amines is 1. The van der Waals surface area contributed by atoms with Crippen LogP contribution in [0, 0.1) is 4.77 Å². The molecule has 0 fully saturated rings. The lowest BCUT2D eigenvalue weighted by molar-refractivity contribution is 0.288. The van der Waals surface area contributed by atoms with Crippen LogP contribution in [-0.2, 0) is 13.0 Å². The Morgan fingerprint density at radius 1 is 1.04 bits per heavy atom. The van der Waals surface area contributed by atoms with Crippen LogP contribution in [0.1, 0.15) is 19.4 Å². The zero-order valence-corrected chi connectivity index (χ0v) is 15.8. The molecule has 0 spiro atoms. The maximum Gasteiger partial charge on any atom is 0.262 e. The molecule has 0 saturated carbocycles. The number of ether oxygens (including phenoxy) is 2. The van der Waals surface area contributed by atoms with Gasteiger partial charge in [-0.25, -0.2) is 0 Å². The molecule has 136 valence electrons. The van der Waals surface area contributed by atoms with Crippen LogP contribution in [0.3, 0.4) is 0 Å². The van der Waals surface area contributed by atoms with E-state index in [2.05, 4.69) is 4.98 Å². The van der Waals surface area contributed by atoms with Crippen LogP contribution in [0.25, 0.3) is 10.9 Å². The second kappa shape index (κ2) is 8.19. The summed E-state index contributed by atoms with van der Waals surface area (Å²) in [7, 11) is 0. The minimum absolute atomic E-state index is 0.122. The van der Waals surface area contributed by atoms with E-state index in [0.717, 1.165) is 12.0 Å². The molecule has 0 aliphatic carbocycles. The normalized spacial score (nSPS) is 10.8. The number of aromatic nitrogens is 2. The topological polar surface area (TPSA) is 56.2 Å². The van der Waals surface area contributed by atoms with E-state index in [1.165, 1.54) is 0 Å². The zero-order chi connectivity index (χ0) is 18.5. The van der Waals surface area contributed by atoms with E-state index in [4.69, 9.17) is 21.7 Å². The van der Waals surface area contributed by atoms with Crippen molar-refractivity contribution in [3.63, 3.8) is 0 Å². The van der Waals surface area contributed by atoms with Crippen molar-refractivity contribution < 1.29 is 9.47 Å². The molecule has 0 atom stereocenters. The number of fused-ring (bicyclic) bond motifs is 1. The Morgan fingerprint density at radius 2 is 1.69 bits per heavy atom. The van der Waals surface area contributed by atoms with E-state index in [1.807, 2.05) is 44.2 Å². The van der Waals surface area contributed by atoms with E-state index >= 15 is 0 Å². The summed E-state index contributed by atoms with van der Waals surface area (Å²) in [5, 5.41) is 0.540. The van der Waals surface area contributed by atoms with Gasteiger partial charge in [0.05, 0.1) is 24.1 Å². The molecule has 0 bridgehead atoms. The smallest absolute Gasteiger partial charge is 0.262 e. The highest BCUT2D eigenvalue weighted by atomic mass is 32.1. The van der Waals surface area contributed by atoms with Gasteiger partial charge in [-0.2, -0.15) is 0 Å². The number of nitrogens with zero attached hydrogens (tertiary/aromatic N) is 1. The molecule has 0 radical (unpaired) electrons. The maximum atomic E-state index is 13.0. The second-order valence-corrected chi connectivity index (χ2v) is 6.22. The van der Waals surface area contributed by atoms with Crippen LogP contribution in [0.4, 0.5) is 0 Å². The van der Waals surface area contributed by atoms with Crippen LogP contribution < -0.4 is 15.0 Å². The molecule has 0 aliphatic heterocycles. The van der Waals surface area contributed by atoms with Gasteiger partial charge in [-0.15, -0.1) is 0 Å². The number of benzene rings is 2. The van der Waals surface area contributed by atoms with Gasteiger partial charge in [0, 0.05) is 12.6 Å². The fourth-order valence-corrected chi connectivity index (χ4v) is 3.17. The molecule has 3 rings (SSSR count). The summed E-state index contributed by atoms with van der Waals surface area (Å²) in [6, 6.07) is 13.6. The molecule has 0 saturated heterocycles. The number of hydrogen-bond acceptors (Lipinski definition) is 4. The quantitative estimate of drug-likeness (QED) is 0.636. The SMILES string of the molecule is CCOc1cc2[nH]c(=S)n(CCc3ccccc3)c(=O)c2cc1OCC. The largest absolute Gasteiger partial charge is 0.490 e. The first-order valence-electron chi connectivity index (χ1n) is 8.74. The summed E-state index contributed by atoms with van der Waals surface area (Å²) < 4.78 is 13.3. The maximum absolute atomic E-state index is 13.0. The predicted molar refractivity (Wildman–Crippen MR) is 106 cm³/mol. The highest BCUT2D eigenvalue weighted by molar-refractivity contribution is 7.71. The van der Waals surface area contributed by atoms with Gasteiger partial charge in [0.15, 0.2) is 16.3 Å². The third-order valence-electron chi connectivity index (χ3n) is 4.11. The summed E-state index contributed by atoms with van der Waals surface area (Å²) in [6.45, 7) is 5.34. The standard InChI is InChI=1S/C20H22N2O3S/c1-3-24-17-12-15-16(13-18(17)25-4-2)21-20(26)22(19(15)23)11-10-14-8-6-5-7-9-14/h5-9,12-13H,3-4,10-11H2,1-2H3,(H,21,26). The number of aryl methyl sites for hydroxylation is 1. The fraction of sp³-hybridized carbons (Fsp3) is 0.300. The number of hydrogen-bond donors (Lipinski definition) is 1. The Hall–Kier alpha value is -2.60. The number of rotatable bonds is 7. The Balaban J connectivity index is 2.04. The fourth-order valence-electron chi connectivity index (χ4n) is 2.89. The summed E-state index contributed by atoms with van der Waals surface area (Å²) in [5.74, 6) is 1.17. The van der Waals surface area contributed by atoms with Gasteiger partial charge in [-0.1, -0.05) is 30.3 Å². The summed E-state index contributed by atoms with van der Waals surface area (Å²) >= 11 is 5.41. The van der Waals surface area contributed by atoms with Crippen LogP contribution in [-0.4, -0.2) is 22.8 Å². The molecule has 0 amide bonds. The van der Waals surface area contributed by atoms with Crippen molar-refractivity contribution in [2.24, 2.45) is 0 Å². The Kier molecular flexibility index (Phi) is 5.73. The van der Waals surface area contributed by atoms with Crippen LogP contribution in [0.2, 0.25) is 0 Å². The highest BCUT2D eigenvalue weighted by Gasteiger charge is 2.12. The molecule has 0 unspecified atom stereocenters. The van der Waals surface area contributed by atoms with Gasteiger partial charge >= 0.3 is 0 Å². The second-order valence-electron chi connectivity index (χ2n) is 5.83. The molecule has 0 aliphatic rings. The average molecular weight is 370 g/mol. The summed E-state index contributed by atoms with van der Waals surface area (Å²) in [4.78, 5) is 16.1. The van der Waals surface area contributed by atoms with E-state index in [1.54, 1.807) is 16.7 Å². The lowest BCUT2D eigenvalue weighted by Crippen LogP contribution is -2.23. The molecule has 6 heteroatoms. The van der Waals surface area contributed by atoms with Gasteiger partial charge in [0.25, 0.3) is 5.56 Å². The third kappa shape index (κ3) is 3.80. The van der Waals surface area contributed by atoms with Crippen LogP contribution in [0.15, 0.2) is 47.3 Å². The molecule has 5 nitrogen and oxygen atoms in total. The third-order valence-corrected chi connectivity index (χ3v) is 4.44. The Bertz CT molecular complexity index is 1010. The zero-order valence-electron chi connectivity index (χ0n) is 15.0. The highest BCUT2D eigenvalue weighted by Crippen LogP contribution is 2.30. The van der Waals surface area contributed by atoms with E-state index < -0.39 is 0 Å². The molecular formula is C20H22N2O3S. The first kappa shape index (κ1) is 18.2. The van der Waals surface area contributed by atoms with Gasteiger partial charge in [0.2, 0.25) is 0 Å². The Morgan fingerprint density at radius 3 is 2.35 bits per heavy atom. The van der Waals surface area contributed by atoms with Crippen molar-refractivity contribution in [2.45, 2.75) is 26.8 Å². The van der Waals surface area contributed by atoms with E-state index in [0.29, 0.717) is 46.9 Å². The average Bonchev–Trinajstić information content (AvgIpc) is 2.64. The van der Waals surface area contributed by atoms with Gasteiger partial charge in [-0.05, 0) is 44.1 Å². The molecule has 1 N–H and O–H groups in total. The van der Waals surface area contributed by atoms with Crippen molar-refractivity contribution in [1.82, 2.24) is 9.55 Å². The van der Waals surface area contributed by atoms with Gasteiger partial charge in [0.1, 0.15) is 0 Å². The minimum atomic E-state index is -0.122. The first-order chi connectivity index (χ1) is 12.6. The van der Waals surface area contributed by atoms with Gasteiger partial charge < -0.3 is 14.5 Å².